The summed E-state index contributed by atoms with van der Waals surface area (Å²) in [5.74, 6) is 0. The number of nitrogens with zero attached hydrogens (tertiary/aromatic N) is 2. The number of anilines is 1. The van der Waals surface area contributed by atoms with Crippen molar-refractivity contribution in [2.75, 3.05) is 5.32 Å². The summed E-state index contributed by atoms with van der Waals surface area (Å²) in [6.45, 7) is 1.99. The number of benzene rings is 1. The van der Waals surface area contributed by atoms with E-state index < -0.39 is 10.5 Å². The molecule has 2 N–H and O–H groups in total. The van der Waals surface area contributed by atoms with E-state index in [0.29, 0.717) is 23.0 Å². The van der Waals surface area contributed by atoms with Crippen molar-refractivity contribution >= 4 is 22.3 Å². The van der Waals surface area contributed by atoms with Gasteiger partial charge in [-0.1, -0.05) is 38.0 Å². The molecule has 6 heteroatoms. The number of aliphatic hydroxyl groups is 1. The van der Waals surface area contributed by atoms with Crippen molar-refractivity contribution in [1.82, 2.24) is 4.98 Å². The number of rotatable bonds is 5. The van der Waals surface area contributed by atoms with Crippen LogP contribution >= 0.6 is 0 Å². The average molecular weight is 315 g/mol. The summed E-state index contributed by atoms with van der Waals surface area (Å²) in [6, 6.07) is 7.13. The molecule has 1 heterocycles. The predicted molar refractivity (Wildman–Crippen MR) is 89.5 cm³/mol. The minimum atomic E-state index is -0.799. The van der Waals surface area contributed by atoms with Crippen LogP contribution in [0.4, 0.5) is 11.4 Å². The minimum absolute atomic E-state index is 0.0521. The van der Waals surface area contributed by atoms with Crippen molar-refractivity contribution in [3.8, 4) is 0 Å². The van der Waals surface area contributed by atoms with Gasteiger partial charge in [-0.3, -0.25) is 10.1 Å². The lowest BCUT2D eigenvalue weighted by molar-refractivity contribution is -0.384. The van der Waals surface area contributed by atoms with E-state index in [1.807, 2.05) is 31.2 Å². The third-order valence-corrected chi connectivity index (χ3v) is 4.80. The number of pyridine rings is 1. The molecular weight excluding hydrogens is 294 g/mol. The van der Waals surface area contributed by atoms with Crippen LogP contribution in [0.1, 0.15) is 39.0 Å². The van der Waals surface area contributed by atoms with Gasteiger partial charge in [-0.2, -0.15) is 0 Å². The van der Waals surface area contributed by atoms with Gasteiger partial charge in [0.25, 0.3) is 0 Å². The highest BCUT2D eigenvalue weighted by molar-refractivity contribution is 5.95. The van der Waals surface area contributed by atoms with Crippen molar-refractivity contribution in [3.05, 3.63) is 40.6 Å². The Labute approximate surface area is 134 Å². The Balaban J connectivity index is 2.06. The number of hydrogen-bond donors (Lipinski definition) is 2. The first-order valence-electron chi connectivity index (χ1n) is 8.06. The number of aromatic nitrogens is 1. The topological polar surface area (TPSA) is 88.3 Å². The van der Waals surface area contributed by atoms with E-state index in [2.05, 4.69) is 10.3 Å². The monoisotopic (exact) mass is 315 g/mol. The average Bonchev–Trinajstić information content (AvgIpc) is 2.99. The van der Waals surface area contributed by atoms with E-state index in [4.69, 9.17) is 0 Å². The van der Waals surface area contributed by atoms with Crippen LogP contribution in [0, 0.1) is 10.1 Å². The number of hydrogen-bond acceptors (Lipinski definition) is 5. The van der Waals surface area contributed by atoms with Crippen molar-refractivity contribution in [3.63, 3.8) is 0 Å². The molecule has 1 aromatic carbocycles. The second-order valence-corrected chi connectivity index (χ2v) is 6.21. The Morgan fingerprint density at radius 3 is 2.74 bits per heavy atom. The predicted octanol–water partition coefficient (Wildman–Crippen LogP) is 3.64. The van der Waals surface area contributed by atoms with Crippen molar-refractivity contribution in [2.24, 2.45) is 0 Å². The van der Waals surface area contributed by atoms with Crippen LogP contribution in [-0.4, -0.2) is 26.7 Å². The van der Waals surface area contributed by atoms with E-state index in [1.165, 1.54) is 6.20 Å². The number of para-hydroxylation sites is 1. The molecule has 0 aliphatic heterocycles. The van der Waals surface area contributed by atoms with Crippen molar-refractivity contribution in [2.45, 2.75) is 50.7 Å². The summed E-state index contributed by atoms with van der Waals surface area (Å²) in [5, 5.41) is 26.2. The van der Waals surface area contributed by atoms with Gasteiger partial charge < -0.3 is 10.4 Å². The largest absolute Gasteiger partial charge is 0.388 e. The molecule has 3 rings (SSSR count). The lowest BCUT2D eigenvalue weighted by atomic mass is 9.90. The zero-order valence-corrected chi connectivity index (χ0v) is 13.2. The molecule has 2 aromatic rings. The van der Waals surface area contributed by atoms with E-state index in [-0.39, 0.29) is 11.7 Å². The maximum atomic E-state index is 11.4. The molecule has 1 aromatic heterocycles. The Morgan fingerprint density at radius 2 is 2.09 bits per heavy atom. The first-order chi connectivity index (χ1) is 11.0. The van der Waals surface area contributed by atoms with Gasteiger partial charge in [-0.25, -0.2) is 4.98 Å². The van der Waals surface area contributed by atoms with Crippen LogP contribution in [0.15, 0.2) is 30.5 Å². The molecule has 0 unspecified atom stereocenters. The standard InChI is InChI=1S/C17H21N3O3/c1-2-15(17(21)9-5-6-10-17)19-16-12-7-3-4-8-13(12)18-11-14(16)20(22)23/h3-4,7-8,11,15,21H,2,5-6,9-10H2,1H3,(H,18,19)/t15-/m1/s1. The summed E-state index contributed by atoms with van der Waals surface area (Å²) >= 11 is 0. The Morgan fingerprint density at radius 1 is 1.39 bits per heavy atom. The van der Waals surface area contributed by atoms with Gasteiger partial charge in [-0.05, 0) is 25.3 Å². The maximum Gasteiger partial charge on any atom is 0.311 e. The number of fused-ring (bicyclic) bond motifs is 1. The highest BCUT2D eigenvalue weighted by atomic mass is 16.6. The fourth-order valence-electron chi connectivity index (χ4n) is 3.55. The van der Waals surface area contributed by atoms with E-state index in [0.717, 1.165) is 25.7 Å². The molecule has 0 amide bonds. The van der Waals surface area contributed by atoms with E-state index in [9.17, 15) is 15.2 Å². The fourth-order valence-corrected chi connectivity index (χ4v) is 3.55. The van der Waals surface area contributed by atoms with E-state index in [1.54, 1.807) is 0 Å². The maximum absolute atomic E-state index is 11.4. The zero-order valence-electron chi connectivity index (χ0n) is 13.2. The van der Waals surface area contributed by atoms with Crippen LogP contribution < -0.4 is 5.32 Å². The van der Waals surface area contributed by atoms with Gasteiger partial charge in [-0.15, -0.1) is 0 Å². The molecule has 0 saturated heterocycles. The second-order valence-electron chi connectivity index (χ2n) is 6.21. The molecule has 6 nitrogen and oxygen atoms in total. The quantitative estimate of drug-likeness (QED) is 0.649. The van der Waals surface area contributed by atoms with Gasteiger partial charge >= 0.3 is 5.69 Å². The van der Waals surface area contributed by atoms with Crippen LogP contribution in [0.3, 0.4) is 0 Å². The lowest BCUT2D eigenvalue weighted by Crippen LogP contribution is -2.44. The van der Waals surface area contributed by atoms with Gasteiger partial charge in [0, 0.05) is 5.39 Å². The highest BCUT2D eigenvalue weighted by Crippen LogP contribution is 2.38. The number of nitrogens with one attached hydrogen (secondary N) is 1. The van der Waals surface area contributed by atoms with Crippen LogP contribution in [0.25, 0.3) is 10.9 Å². The Kier molecular flexibility index (Phi) is 4.17. The summed E-state index contributed by atoms with van der Waals surface area (Å²) in [7, 11) is 0. The number of nitro groups is 1. The molecule has 0 bridgehead atoms. The van der Waals surface area contributed by atoms with Gasteiger partial charge in [0.2, 0.25) is 0 Å². The van der Waals surface area contributed by atoms with Gasteiger partial charge in [0.05, 0.1) is 22.1 Å². The SMILES string of the molecule is CC[C@@H](Nc1c([N+](=O)[O-])cnc2ccccc12)C1(O)CCCC1. The third kappa shape index (κ3) is 2.86. The molecule has 1 aliphatic carbocycles. The molecule has 122 valence electrons. The molecule has 0 spiro atoms. The van der Waals surface area contributed by atoms with Crippen LogP contribution in [0.2, 0.25) is 0 Å². The molecular formula is C17H21N3O3. The van der Waals surface area contributed by atoms with Crippen molar-refractivity contribution in [1.29, 1.82) is 0 Å². The molecule has 0 radical (unpaired) electrons. The molecule has 1 aliphatic rings. The fraction of sp³-hybridized carbons (Fsp3) is 0.471. The summed E-state index contributed by atoms with van der Waals surface area (Å²) in [5.41, 5.74) is 0.304. The van der Waals surface area contributed by atoms with E-state index >= 15 is 0 Å². The smallest absolute Gasteiger partial charge is 0.311 e. The molecule has 1 saturated carbocycles. The summed E-state index contributed by atoms with van der Waals surface area (Å²) < 4.78 is 0. The van der Waals surface area contributed by atoms with Crippen LogP contribution in [-0.2, 0) is 0 Å². The first kappa shape index (κ1) is 15.7. The van der Waals surface area contributed by atoms with Crippen LogP contribution in [0.5, 0.6) is 0 Å². The Bertz CT molecular complexity index is 726. The minimum Gasteiger partial charge on any atom is -0.388 e. The lowest BCUT2D eigenvalue weighted by Gasteiger charge is -2.33. The highest BCUT2D eigenvalue weighted by Gasteiger charge is 2.39. The third-order valence-electron chi connectivity index (χ3n) is 4.80. The Hall–Kier alpha value is -2.21. The first-order valence-corrected chi connectivity index (χ1v) is 8.06. The van der Waals surface area contributed by atoms with Gasteiger partial charge in [0.1, 0.15) is 11.9 Å². The zero-order chi connectivity index (χ0) is 16.4. The summed E-state index contributed by atoms with van der Waals surface area (Å²) in [6.07, 6.45) is 5.44. The summed E-state index contributed by atoms with van der Waals surface area (Å²) in [4.78, 5) is 15.1. The van der Waals surface area contributed by atoms with Gasteiger partial charge in [0.15, 0.2) is 0 Å². The van der Waals surface area contributed by atoms with Crippen molar-refractivity contribution < 1.29 is 10.0 Å². The normalized spacial score (nSPS) is 18.0. The molecule has 1 fully saturated rings. The molecule has 23 heavy (non-hydrogen) atoms. The molecule has 1 atom stereocenters. The second kappa shape index (κ2) is 6.12.